The number of hydrogen-bond donors (Lipinski definition) is 1. The number of benzene rings is 1. The van der Waals surface area contributed by atoms with Crippen molar-refractivity contribution < 1.29 is 9.47 Å². The summed E-state index contributed by atoms with van der Waals surface area (Å²) in [7, 11) is 0. The maximum Gasteiger partial charge on any atom is 0.125 e. The predicted molar refractivity (Wildman–Crippen MR) is 75.6 cm³/mol. The zero-order chi connectivity index (χ0) is 13.1. The topological polar surface area (TPSA) is 30.5 Å². The van der Waals surface area contributed by atoms with Gasteiger partial charge >= 0.3 is 0 Å². The Balaban J connectivity index is 1.83. The molecule has 1 atom stereocenters. The lowest BCUT2D eigenvalue weighted by Gasteiger charge is -2.28. The van der Waals surface area contributed by atoms with E-state index in [0.717, 1.165) is 25.4 Å². The number of aryl methyl sites for hydroxylation is 1. The smallest absolute Gasteiger partial charge is 0.125 e. The summed E-state index contributed by atoms with van der Waals surface area (Å²) in [6, 6.07) is 6.33. The van der Waals surface area contributed by atoms with Crippen LogP contribution in [-0.4, -0.2) is 25.8 Å². The van der Waals surface area contributed by atoms with E-state index < -0.39 is 0 Å². The fourth-order valence-corrected chi connectivity index (χ4v) is 3.11. The minimum atomic E-state index is 0.131. The third-order valence-corrected chi connectivity index (χ3v) is 4.13. The third-order valence-electron chi connectivity index (χ3n) is 4.13. The van der Waals surface area contributed by atoms with Gasteiger partial charge in [0.25, 0.3) is 0 Å². The van der Waals surface area contributed by atoms with Gasteiger partial charge in [0.2, 0.25) is 0 Å². The quantitative estimate of drug-likeness (QED) is 0.907. The number of hydrogen-bond acceptors (Lipinski definition) is 3. The summed E-state index contributed by atoms with van der Waals surface area (Å²) >= 11 is 0. The Morgan fingerprint density at radius 1 is 1.26 bits per heavy atom. The highest BCUT2D eigenvalue weighted by molar-refractivity contribution is 5.42. The van der Waals surface area contributed by atoms with Gasteiger partial charge in [0.1, 0.15) is 5.75 Å². The number of ether oxygens (including phenoxy) is 2. The maximum absolute atomic E-state index is 6.23. The van der Waals surface area contributed by atoms with Crippen LogP contribution in [-0.2, 0) is 4.74 Å². The monoisotopic (exact) mass is 261 g/mol. The van der Waals surface area contributed by atoms with Crippen LogP contribution in [0.2, 0.25) is 0 Å². The molecule has 3 rings (SSSR count). The average Bonchev–Trinajstić information content (AvgIpc) is 2.93. The number of morpholine rings is 1. The van der Waals surface area contributed by atoms with Crippen LogP contribution in [0.4, 0.5) is 0 Å². The van der Waals surface area contributed by atoms with Crippen LogP contribution in [0.15, 0.2) is 18.2 Å². The van der Waals surface area contributed by atoms with Crippen LogP contribution in [0, 0.1) is 6.92 Å². The summed E-state index contributed by atoms with van der Waals surface area (Å²) in [5.74, 6) is 1.03. The van der Waals surface area contributed by atoms with E-state index >= 15 is 0 Å². The molecule has 0 radical (unpaired) electrons. The van der Waals surface area contributed by atoms with E-state index in [0.29, 0.717) is 6.10 Å². The second kappa shape index (κ2) is 5.93. The summed E-state index contributed by atoms with van der Waals surface area (Å²) in [5.41, 5.74) is 2.51. The predicted octanol–water partition coefficient (Wildman–Crippen LogP) is 2.98. The Morgan fingerprint density at radius 2 is 2.11 bits per heavy atom. The largest absolute Gasteiger partial charge is 0.490 e. The van der Waals surface area contributed by atoms with E-state index in [2.05, 4.69) is 30.4 Å². The molecule has 104 valence electrons. The van der Waals surface area contributed by atoms with Gasteiger partial charge < -0.3 is 14.8 Å². The molecule has 0 bridgehead atoms. The molecule has 0 amide bonds. The summed E-state index contributed by atoms with van der Waals surface area (Å²) in [6.07, 6.45) is 5.51. The van der Waals surface area contributed by atoms with Crippen LogP contribution in [0.3, 0.4) is 0 Å². The molecule has 1 aromatic carbocycles. The SMILES string of the molecule is Cc1cccc(OC2CCCC2)c1C1CNCCO1. The maximum atomic E-state index is 6.23. The Hall–Kier alpha value is -1.06. The molecule has 1 aliphatic carbocycles. The molecule has 1 saturated heterocycles. The molecule has 0 spiro atoms. The molecular weight excluding hydrogens is 238 g/mol. The molecular formula is C16H23NO2. The van der Waals surface area contributed by atoms with Crippen molar-refractivity contribution in [2.24, 2.45) is 0 Å². The fourth-order valence-electron chi connectivity index (χ4n) is 3.11. The third kappa shape index (κ3) is 2.93. The Labute approximate surface area is 115 Å². The number of nitrogens with one attached hydrogen (secondary N) is 1. The molecule has 3 nitrogen and oxygen atoms in total. The molecule has 1 unspecified atom stereocenters. The van der Waals surface area contributed by atoms with Crippen molar-refractivity contribution in [3.63, 3.8) is 0 Å². The van der Waals surface area contributed by atoms with Crippen molar-refractivity contribution >= 4 is 0 Å². The van der Waals surface area contributed by atoms with E-state index in [1.807, 2.05) is 0 Å². The lowest BCUT2D eigenvalue weighted by atomic mass is 10.0. The minimum absolute atomic E-state index is 0.131. The lowest BCUT2D eigenvalue weighted by molar-refractivity contribution is 0.0246. The molecule has 2 fully saturated rings. The van der Waals surface area contributed by atoms with Crippen molar-refractivity contribution in [2.45, 2.75) is 44.8 Å². The van der Waals surface area contributed by atoms with Gasteiger partial charge in [-0.25, -0.2) is 0 Å². The van der Waals surface area contributed by atoms with Crippen molar-refractivity contribution in [3.8, 4) is 5.75 Å². The highest BCUT2D eigenvalue weighted by Crippen LogP contribution is 2.34. The van der Waals surface area contributed by atoms with Crippen LogP contribution >= 0.6 is 0 Å². The molecule has 0 aromatic heterocycles. The Bertz CT molecular complexity index is 421. The van der Waals surface area contributed by atoms with Crippen molar-refractivity contribution in [2.75, 3.05) is 19.7 Å². The molecule has 1 heterocycles. The van der Waals surface area contributed by atoms with Crippen LogP contribution in [0.1, 0.15) is 42.9 Å². The first-order valence-corrected chi connectivity index (χ1v) is 7.43. The summed E-state index contributed by atoms with van der Waals surface area (Å²) in [5, 5.41) is 3.40. The number of rotatable bonds is 3. The van der Waals surface area contributed by atoms with Crippen molar-refractivity contribution in [3.05, 3.63) is 29.3 Å². The zero-order valence-electron chi connectivity index (χ0n) is 11.7. The van der Waals surface area contributed by atoms with Gasteiger partial charge in [0, 0.05) is 18.7 Å². The van der Waals surface area contributed by atoms with Gasteiger partial charge in [-0.3, -0.25) is 0 Å². The van der Waals surface area contributed by atoms with E-state index in [1.54, 1.807) is 0 Å². The first kappa shape index (κ1) is 12.9. The van der Waals surface area contributed by atoms with E-state index in [4.69, 9.17) is 9.47 Å². The molecule has 1 aliphatic heterocycles. The second-order valence-corrected chi connectivity index (χ2v) is 5.57. The molecule has 1 aromatic rings. The highest BCUT2D eigenvalue weighted by Gasteiger charge is 2.24. The fraction of sp³-hybridized carbons (Fsp3) is 0.625. The van der Waals surface area contributed by atoms with Gasteiger partial charge in [-0.05, 0) is 44.2 Å². The van der Waals surface area contributed by atoms with E-state index in [1.165, 1.54) is 36.8 Å². The Kier molecular flexibility index (Phi) is 4.04. The van der Waals surface area contributed by atoms with Crippen molar-refractivity contribution in [1.29, 1.82) is 0 Å². The highest BCUT2D eigenvalue weighted by atomic mass is 16.5. The normalized spacial score (nSPS) is 24.6. The molecule has 2 aliphatic rings. The van der Waals surface area contributed by atoms with Gasteiger partial charge in [-0.15, -0.1) is 0 Å². The van der Waals surface area contributed by atoms with Crippen molar-refractivity contribution in [1.82, 2.24) is 5.32 Å². The Morgan fingerprint density at radius 3 is 2.84 bits per heavy atom. The lowest BCUT2D eigenvalue weighted by Crippen LogP contribution is -2.34. The molecule has 3 heteroatoms. The minimum Gasteiger partial charge on any atom is -0.490 e. The first-order chi connectivity index (χ1) is 9.34. The van der Waals surface area contributed by atoms with Crippen LogP contribution < -0.4 is 10.1 Å². The van der Waals surface area contributed by atoms with Crippen LogP contribution in [0.25, 0.3) is 0 Å². The molecule has 1 N–H and O–H groups in total. The van der Waals surface area contributed by atoms with Gasteiger partial charge in [-0.1, -0.05) is 12.1 Å². The second-order valence-electron chi connectivity index (χ2n) is 5.57. The van der Waals surface area contributed by atoms with Gasteiger partial charge in [0.05, 0.1) is 18.8 Å². The summed E-state index contributed by atoms with van der Waals surface area (Å²) in [4.78, 5) is 0. The van der Waals surface area contributed by atoms with Gasteiger partial charge in [0.15, 0.2) is 0 Å². The van der Waals surface area contributed by atoms with E-state index in [-0.39, 0.29) is 6.10 Å². The zero-order valence-corrected chi connectivity index (χ0v) is 11.7. The standard InChI is InChI=1S/C16H23NO2/c1-12-5-4-8-14(19-13-6-2-3-7-13)16(12)15-11-17-9-10-18-15/h4-5,8,13,15,17H,2-3,6-7,9-11H2,1H3. The average molecular weight is 261 g/mol. The molecule has 19 heavy (non-hydrogen) atoms. The van der Waals surface area contributed by atoms with Crippen LogP contribution in [0.5, 0.6) is 5.75 Å². The summed E-state index contributed by atoms with van der Waals surface area (Å²) in [6.45, 7) is 4.75. The molecule has 1 saturated carbocycles. The van der Waals surface area contributed by atoms with Gasteiger partial charge in [-0.2, -0.15) is 0 Å². The summed E-state index contributed by atoms with van der Waals surface area (Å²) < 4.78 is 12.1. The van der Waals surface area contributed by atoms with E-state index in [9.17, 15) is 0 Å². The first-order valence-electron chi connectivity index (χ1n) is 7.43.